The highest BCUT2D eigenvalue weighted by Crippen LogP contribution is 2.11. The van der Waals surface area contributed by atoms with Crippen LogP contribution in [0.3, 0.4) is 0 Å². The van der Waals surface area contributed by atoms with Crippen LogP contribution < -0.4 is 5.32 Å². The van der Waals surface area contributed by atoms with Crippen molar-refractivity contribution < 1.29 is 14.7 Å². The zero-order valence-electron chi connectivity index (χ0n) is 10.0. The van der Waals surface area contributed by atoms with E-state index >= 15 is 0 Å². The van der Waals surface area contributed by atoms with Gasteiger partial charge in [-0.05, 0) is 53.3 Å². The lowest BCUT2D eigenvalue weighted by Crippen LogP contribution is -2.32. The summed E-state index contributed by atoms with van der Waals surface area (Å²) in [6.07, 6.45) is 0.521. The first kappa shape index (κ1) is 14.7. The van der Waals surface area contributed by atoms with Crippen LogP contribution in [0.4, 0.5) is 10.5 Å². The number of nitrogens with zero attached hydrogens (tertiary/aromatic N) is 1. The number of benzene rings is 1. The molecule has 0 fully saturated rings. The molecule has 0 heterocycles. The summed E-state index contributed by atoms with van der Waals surface area (Å²) in [6, 6.07) is 7.22. The van der Waals surface area contributed by atoms with E-state index in [1.54, 1.807) is 7.05 Å². The third kappa shape index (κ3) is 5.35. The maximum atomic E-state index is 11.7. The third-order valence-electron chi connectivity index (χ3n) is 2.33. The van der Waals surface area contributed by atoms with Crippen molar-refractivity contribution in [2.75, 3.05) is 18.9 Å². The van der Waals surface area contributed by atoms with Crippen LogP contribution in [0.25, 0.3) is 0 Å². The molecule has 0 radical (unpaired) electrons. The third-order valence-corrected chi connectivity index (χ3v) is 3.05. The quantitative estimate of drug-likeness (QED) is 0.792. The van der Waals surface area contributed by atoms with Crippen LogP contribution in [0.1, 0.15) is 12.8 Å². The Morgan fingerprint density at radius 3 is 2.50 bits per heavy atom. The predicted molar refractivity (Wildman–Crippen MR) is 77.7 cm³/mol. The van der Waals surface area contributed by atoms with Gasteiger partial charge in [-0.15, -0.1) is 0 Å². The normalized spacial score (nSPS) is 9.89. The molecule has 2 N–H and O–H groups in total. The number of carboxylic acids is 1. The van der Waals surface area contributed by atoms with Crippen LogP contribution in [0.15, 0.2) is 24.3 Å². The molecule has 0 aliphatic carbocycles. The van der Waals surface area contributed by atoms with Crippen molar-refractivity contribution in [2.45, 2.75) is 12.8 Å². The average molecular weight is 362 g/mol. The maximum absolute atomic E-state index is 11.7. The van der Waals surface area contributed by atoms with Crippen LogP contribution in [0, 0.1) is 3.57 Å². The second kappa shape index (κ2) is 7.20. The van der Waals surface area contributed by atoms with E-state index in [0.29, 0.717) is 13.0 Å². The zero-order chi connectivity index (χ0) is 13.5. The number of carbonyl (C=O) groups is 2. The van der Waals surface area contributed by atoms with Crippen LogP contribution in [-0.4, -0.2) is 35.6 Å². The molecule has 1 aromatic carbocycles. The van der Waals surface area contributed by atoms with E-state index in [1.807, 2.05) is 24.3 Å². The van der Waals surface area contributed by atoms with Crippen molar-refractivity contribution in [1.82, 2.24) is 4.90 Å². The van der Waals surface area contributed by atoms with Gasteiger partial charge in [-0.1, -0.05) is 0 Å². The highest BCUT2D eigenvalue weighted by molar-refractivity contribution is 14.1. The van der Waals surface area contributed by atoms with Gasteiger partial charge >= 0.3 is 12.0 Å². The minimum atomic E-state index is -0.846. The lowest BCUT2D eigenvalue weighted by Gasteiger charge is -2.17. The number of carboxylic acid groups (broad SMARTS) is 1. The Morgan fingerprint density at radius 2 is 1.94 bits per heavy atom. The Morgan fingerprint density at radius 1 is 1.33 bits per heavy atom. The molecule has 0 spiro atoms. The molecule has 0 unspecified atom stereocenters. The molecule has 0 bridgehead atoms. The van der Waals surface area contributed by atoms with Crippen LogP contribution in [-0.2, 0) is 4.79 Å². The SMILES string of the molecule is CN(CCCC(=O)O)C(=O)Nc1ccc(I)cc1. The monoisotopic (exact) mass is 362 g/mol. The summed E-state index contributed by atoms with van der Waals surface area (Å²) >= 11 is 2.19. The molecule has 0 aliphatic heterocycles. The van der Waals surface area contributed by atoms with Gasteiger partial charge in [0.25, 0.3) is 0 Å². The largest absolute Gasteiger partial charge is 0.481 e. The first-order valence-corrected chi connectivity index (χ1v) is 6.56. The minimum absolute atomic E-state index is 0.0706. The Kier molecular flexibility index (Phi) is 5.90. The van der Waals surface area contributed by atoms with Crippen LogP contribution >= 0.6 is 22.6 Å². The van der Waals surface area contributed by atoms with E-state index in [4.69, 9.17) is 5.11 Å². The molecule has 2 amide bonds. The lowest BCUT2D eigenvalue weighted by molar-refractivity contribution is -0.137. The van der Waals surface area contributed by atoms with Crippen molar-refractivity contribution >= 4 is 40.3 Å². The number of halogens is 1. The summed E-state index contributed by atoms with van der Waals surface area (Å²) in [4.78, 5) is 23.6. The molecule has 0 aromatic heterocycles. The summed E-state index contributed by atoms with van der Waals surface area (Å²) in [5, 5.41) is 11.2. The van der Waals surface area contributed by atoms with Crippen molar-refractivity contribution in [3.63, 3.8) is 0 Å². The Labute approximate surface area is 119 Å². The average Bonchev–Trinajstić information content (AvgIpc) is 2.31. The van der Waals surface area contributed by atoms with Crippen molar-refractivity contribution in [3.8, 4) is 0 Å². The minimum Gasteiger partial charge on any atom is -0.481 e. The number of aliphatic carboxylic acids is 1. The molecular formula is C12H15IN2O3. The van der Waals surface area contributed by atoms with Crippen LogP contribution in [0.5, 0.6) is 0 Å². The molecular weight excluding hydrogens is 347 g/mol. The molecule has 5 nitrogen and oxygen atoms in total. The number of hydrogen-bond acceptors (Lipinski definition) is 2. The number of carbonyl (C=O) groups excluding carboxylic acids is 1. The molecule has 0 saturated heterocycles. The van der Waals surface area contributed by atoms with Gasteiger partial charge in [0, 0.05) is 29.3 Å². The smallest absolute Gasteiger partial charge is 0.321 e. The first-order chi connectivity index (χ1) is 8.49. The number of nitrogens with one attached hydrogen (secondary N) is 1. The maximum Gasteiger partial charge on any atom is 0.321 e. The molecule has 1 rings (SSSR count). The molecule has 0 aliphatic rings. The van der Waals surface area contributed by atoms with E-state index in [-0.39, 0.29) is 12.5 Å². The van der Waals surface area contributed by atoms with Crippen molar-refractivity contribution in [2.24, 2.45) is 0 Å². The van der Waals surface area contributed by atoms with E-state index in [2.05, 4.69) is 27.9 Å². The van der Waals surface area contributed by atoms with Crippen molar-refractivity contribution in [1.29, 1.82) is 0 Å². The summed E-state index contributed by atoms with van der Waals surface area (Å²) in [5.74, 6) is -0.846. The van der Waals surface area contributed by atoms with Crippen LogP contribution in [0.2, 0.25) is 0 Å². The number of amides is 2. The van der Waals surface area contributed by atoms with E-state index in [0.717, 1.165) is 9.26 Å². The predicted octanol–water partition coefficient (Wildman–Crippen LogP) is 2.62. The highest BCUT2D eigenvalue weighted by Gasteiger charge is 2.09. The number of hydrogen-bond donors (Lipinski definition) is 2. The zero-order valence-corrected chi connectivity index (χ0v) is 12.2. The fraction of sp³-hybridized carbons (Fsp3) is 0.333. The lowest BCUT2D eigenvalue weighted by atomic mass is 10.3. The standard InChI is InChI=1S/C12H15IN2O3/c1-15(8-2-3-11(16)17)12(18)14-10-6-4-9(13)5-7-10/h4-7H,2-3,8H2,1H3,(H,14,18)(H,16,17). The van der Waals surface area contributed by atoms with Gasteiger partial charge in [0.15, 0.2) is 0 Å². The van der Waals surface area contributed by atoms with Gasteiger partial charge in [-0.2, -0.15) is 0 Å². The Balaban J connectivity index is 2.39. The van der Waals surface area contributed by atoms with E-state index < -0.39 is 5.97 Å². The molecule has 1 aromatic rings. The Hall–Kier alpha value is -1.31. The van der Waals surface area contributed by atoms with E-state index in [1.165, 1.54) is 4.90 Å². The van der Waals surface area contributed by atoms with Gasteiger partial charge in [0.05, 0.1) is 0 Å². The van der Waals surface area contributed by atoms with Gasteiger partial charge in [-0.25, -0.2) is 4.79 Å². The summed E-state index contributed by atoms with van der Waals surface area (Å²) < 4.78 is 1.10. The number of urea groups is 1. The fourth-order valence-corrected chi connectivity index (χ4v) is 1.68. The van der Waals surface area contributed by atoms with Crippen molar-refractivity contribution in [3.05, 3.63) is 27.8 Å². The molecule has 98 valence electrons. The molecule has 18 heavy (non-hydrogen) atoms. The molecule has 0 saturated carbocycles. The summed E-state index contributed by atoms with van der Waals surface area (Å²) in [6.45, 7) is 0.419. The second-order valence-electron chi connectivity index (χ2n) is 3.86. The summed E-state index contributed by atoms with van der Waals surface area (Å²) in [7, 11) is 1.64. The number of anilines is 1. The molecule has 0 atom stereocenters. The molecule has 6 heteroatoms. The van der Waals surface area contributed by atoms with Gasteiger partial charge in [-0.3, -0.25) is 4.79 Å². The second-order valence-corrected chi connectivity index (χ2v) is 5.10. The van der Waals surface area contributed by atoms with Gasteiger partial charge in [0.2, 0.25) is 0 Å². The van der Waals surface area contributed by atoms with E-state index in [9.17, 15) is 9.59 Å². The van der Waals surface area contributed by atoms with Gasteiger partial charge in [0.1, 0.15) is 0 Å². The summed E-state index contributed by atoms with van der Waals surface area (Å²) in [5.41, 5.74) is 0.727. The highest BCUT2D eigenvalue weighted by atomic mass is 127. The topological polar surface area (TPSA) is 69.6 Å². The number of rotatable bonds is 5. The van der Waals surface area contributed by atoms with Gasteiger partial charge < -0.3 is 15.3 Å². The fourth-order valence-electron chi connectivity index (χ4n) is 1.32. The Bertz CT molecular complexity index is 420. The first-order valence-electron chi connectivity index (χ1n) is 5.48.